The lowest BCUT2D eigenvalue weighted by atomic mass is 9.96. The van der Waals surface area contributed by atoms with Crippen molar-refractivity contribution in [2.45, 2.75) is 32.4 Å². The van der Waals surface area contributed by atoms with E-state index in [0.29, 0.717) is 24.9 Å². The van der Waals surface area contributed by atoms with Gasteiger partial charge < -0.3 is 10.2 Å². The molecular formula is C21H22ClFN2O2. The zero-order valence-corrected chi connectivity index (χ0v) is 15.9. The number of rotatable bonds is 6. The second-order valence-corrected chi connectivity index (χ2v) is 7.12. The molecule has 27 heavy (non-hydrogen) atoms. The third kappa shape index (κ3) is 4.48. The lowest BCUT2D eigenvalue weighted by molar-refractivity contribution is -0.136. The first-order valence-corrected chi connectivity index (χ1v) is 9.43. The van der Waals surface area contributed by atoms with Gasteiger partial charge in [-0.1, -0.05) is 48.0 Å². The van der Waals surface area contributed by atoms with Crippen molar-refractivity contribution in [3.05, 3.63) is 70.5 Å². The molecule has 1 fully saturated rings. The van der Waals surface area contributed by atoms with Gasteiger partial charge in [-0.05, 0) is 43.0 Å². The molecule has 0 saturated carbocycles. The maximum Gasteiger partial charge on any atom is 0.243 e. The van der Waals surface area contributed by atoms with Crippen LogP contribution in [0.3, 0.4) is 0 Å². The summed E-state index contributed by atoms with van der Waals surface area (Å²) in [6.07, 6.45) is 1.12. The molecule has 4 nitrogen and oxygen atoms in total. The van der Waals surface area contributed by atoms with Crippen molar-refractivity contribution in [2.24, 2.45) is 5.92 Å². The maximum atomic E-state index is 13.1. The number of amides is 2. The Morgan fingerprint density at radius 2 is 2.00 bits per heavy atom. The minimum absolute atomic E-state index is 0.0151. The van der Waals surface area contributed by atoms with Crippen LogP contribution in [0.15, 0.2) is 48.5 Å². The average Bonchev–Trinajstić information content (AvgIpc) is 2.97. The van der Waals surface area contributed by atoms with E-state index in [-0.39, 0.29) is 29.3 Å². The summed E-state index contributed by atoms with van der Waals surface area (Å²) in [4.78, 5) is 27.0. The molecule has 0 radical (unpaired) electrons. The van der Waals surface area contributed by atoms with Crippen molar-refractivity contribution in [2.75, 3.05) is 6.54 Å². The molecule has 6 heteroatoms. The maximum absolute atomic E-state index is 13.1. The summed E-state index contributed by atoms with van der Waals surface area (Å²) in [6, 6.07) is 13.4. The standard InChI is InChI=1S/C21H22ClFN2O2/c1-2-25-19(11-16(21(25)27)10-14-6-4-3-5-7-14)20(26)24-13-15-8-9-17(23)12-18(15)22/h3-9,12,16,19H,2,10-11,13H2,1H3,(H,24,26)/t16?,19-/m0/s1. The van der Waals surface area contributed by atoms with E-state index in [4.69, 9.17) is 11.6 Å². The van der Waals surface area contributed by atoms with Gasteiger partial charge in [0.05, 0.1) is 0 Å². The number of likely N-dealkylation sites (tertiary alicyclic amines) is 1. The second kappa shape index (κ2) is 8.53. The first-order chi connectivity index (χ1) is 13.0. The van der Waals surface area contributed by atoms with Gasteiger partial charge in [-0.2, -0.15) is 0 Å². The first-order valence-electron chi connectivity index (χ1n) is 9.05. The topological polar surface area (TPSA) is 49.4 Å². The molecule has 1 aliphatic heterocycles. The van der Waals surface area contributed by atoms with Crippen molar-refractivity contribution < 1.29 is 14.0 Å². The number of benzene rings is 2. The Morgan fingerprint density at radius 3 is 2.67 bits per heavy atom. The molecule has 2 amide bonds. The number of carbonyl (C=O) groups excluding carboxylic acids is 2. The third-order valence-electron chi connectivity index (χ3n) is 4.95. The minimum atomic E-state index is -0.490. The Balaban J connectivity index is 1.65. The van der Waals surface area contributed by atoms with Crippen LogP contribution in [0.2, 0.25) is 5.02 Å². The minimum Gasteiger partial charge on any atom is -0.350 e. The van der Waals surface area contributed by atoms with Gasteiger partial charge in [0.15, 0.2) is 0 Å². The summed E-state index contributed by atoms with van der Waals surface area (Å²) in [5, 5.41) is 3.10. The molecule has 1 aliphatic rings. The highest BCUT2D eigenvalue weighted by Gasteiger charge is 2.42. The van der Waals surface area contributed by atoms with Crippen molar-refractivity contribution in [1.82, 2.24) is 10.2 Å². The predicted octanol–water partition coefficient (Wildman–Crippen LogP) is 3.58. The van der Waals surface area contributed by atoms with Crippen molar-refractivity contribution in [3.63, 3.8) is 0 Å². The molecule has 0 spiro atoms. The molecule has 0 aromatic heterocycles. The number of likely N-dealkylation sites (N-methyl/N-ethyl adjacent to an activating group) is 1. The van der Waals surface area contributed by atoms with Crippen LogP contribution >= 0.6 is 11.6 Å². The number of halogens is 2. The molecule has 1 N–H and O–H groups in total. The van der Waals surface area contributed by atoms with E-state index in [1.165, 1.54) is 12.1 Å². The molecular weight excluding hydrogens is 367 g/mol. The van der Waals surface area contributed by atoms with Crippen LogP contribution in [0.4, 0.5) is 4.39 Å². The summed E-state index contributed by atoms with van der Waals surface area (Å²) >= 11 is 6.01. The van der Waals surface area contributed by atoms with E-state index in [1.54, 1.807) is 11.0 Å². The smallest absolute Gasteiger partial charge is 0.243 e. The van der Waals surface area contributed by atoms with Crippen LogP contribution in [-0.2, 0) is 22.6 Å². The van der Waals surface area contributed by atoms with Crippen LogP contribution < -0.4 is 5.32 Å². The summed E-state index contributed by atoms with van der Waals surface area (Å²) in [5.74, 6) is -0.808. The fraction of sp³-hybridized carbons (Fsp3) is 0.333. The Bertz CT molecular complexity index is 828. The van der Waals surface area contributed by atoms with Gasteiger partial charge in [-0.25, -0.2) is 4.39 Å². The SMILES string of the molecule is CCN1C(=O)C(Cc2ccccc2)C[C@H]1C(=O)NCc1ccc(F)cc1Cl. The molecule has 0 bridgehead atoms. The molecule has 2 aromatic carbocycles. The Labute approximate surface area is 163 Å². The van der Waals surface area contributed by atoms with Gasteiger partial charge in [-0.15, -0.1) is 0 Å². The van der Waals surface area contributed by atoms with Gasteiger partial charge in [0.1, 0.15) is 11.9 Å². The third-order valence-corrected chi connectivity index (χ3v) is 5.30. The van der Waals surface area contributed by atoms with Crippen LogP contribution in [0, 0.1) is 11.7 Å². The highest BCUT2D eigenvalue weighted by molar-refractivity contribution is 6.31. The molecule has 1 saturated heterocycles. The molecule has 142 valence electrons. The number of carbonyl (C=O) groups is 2. The lowest BCUT2D eigenvalue weighted by Crippen LogP contribution is -2.44. The fourth-order valence-corrected chi connectivity index (χ4v) is 3.78. The Hall–Kier alpha value is -2.40. The first kappa shape index (κ1) is 19.4. The van der Waals surface area contributed by atoms with Crippen molar-refractivity contribution in [3.8, 4) is 0 Å². The van der Waals surface area contributed by atoms with Gasteiger partial charge in [0.25, 0.3) is 0 Å². The monoisotopic (exact) mass is 388 g/mol. The van der Waals surface area contributed by atoms with E-state index in [2.05, 4.69) is 5.32 Å². The van der Waals surface area contributed by atoms with Gasteiger partial charge in [0, 0.05) is 24.0 Å². The molecule has 2 aromatic rings. The van der Waals surface area contributed by atoms with Gasteiger partial charge in [-0.3, -0.25) is 9.59 Å². The molecule has 1 unspecified atom stereocenters. The highest BCUT2D eigenvalue weighted by atomic mass is 35.5. The number of nitrogens with zero attached hydrogens (tertiary/aromatic N) is 1. The van der Waals surface area contributed by atoms with E-state index < -0.39 is 11.9 Å². The van der Waals surface area contributed by atoms with Crippen LogP contribution in [0.25, 0.3) is 0 Å². The highest BCUT2D eigenvalue weighted by Crippen LogP contribution is 2.28. The van der Waals surface area contributed by atoms with Gasteiger partial charge in [0.2, 0.25) is 11.8 Å². The predicted molar refractivity (Wildman–Crippen MR) is 103 cm³/mol. The average molecular weight is 389 g/mol. The molecule has 3 rings (SSSR count). The van der Waals surface area contributed by atoms with E-state index in [0.717, 1.165) is 5.56 Å². The van der Waals surface area contributed by atoms with E-state index >= 15 is 0 Å². The van der Waals surface area contributed by atoms with Crippen molar-refractivity contribution >= 4 is 23.4 Å². The molecule has 0 aliphatic carbocycles. The number of hydrogen-bond acceptors (Lipinski definition) is 2. The Kier molecular flexibility index (Phi) is 6.11. The quantitative estimate of drug-likeness (QED) is 0.822. The van der Waals surface area contributed by atoms with Crippen LogP contribution in [0.5, 0.6) is 0 Å². The zero-order chi connectivity index (χ0) is 19.4. The van der Waals surface area contributed by atoms with Crippen molar-refractivity contribution in [1.29, 1.82) is 0 Å². The van der Waals surface area contributed by atoms with E-state index in [1.807, 2.05) is 37.3 Å². The number of nitrogens with one attached hydrogen (secondary N) is 1. The largest absolute Gasteiger partial charge is 0.350 e. The summed E-state index contributed by atoms with van der Waals surface area (Å²) < 4.78 is 13.1. The number of hydrogen-bond donors (Lipinski definition) is 1. The zero-order valence-electron chi connectivity index (χ0n) is 15.1. The molecule has 1 heterocycles. The second-order valence-electron chi connectivity index (χ2n) is 6.72. The normalized spacial score (nSPS) is 19.4. The van der Waals surface area contributed by atoms with Crippen LogP contribution in [-0.4, -0.2) is 29.3 Å². The summed E-state index contributed by atoms with van der Waals surface area (Å²) in [7, 11) is 0. The van der Waals surface area contributed by atoms with Crippen LogP contribution in [0.1, 0.15) is 24.5 Å². The lowest BCUT2D eigenvalue weighted by Gasteiger charge is -2.22. The summed E-state index contributed by atoms with van der Waals surface area (Å²) in [6.45, 7) is 2.56. The van der Waals surface area contributed by atoms with Gasteiger partial charge >= 0.3 is 0 Å². The van der Waals surface area contributed by atoms with E-state index in [9.17, 15) is 14.0 Å². The Morgan fingerprint density at radius 1 is 1.26 bits per heavy atom. The molecule has 2 atom stereocenters. The fourth-order valence-electron chi connectivity index (χ4n) is 3.54. The summed E-state index contributed by atoms with van der Waals surface area (Å²) in [5.41, 5.74) is 1.73.